The molecule has 0 spiro atoms. The van der Waals surface area contributed by atoms with E-state index in [0.717, 1.165) is 22.2 Å². The second-order valence-corrected chi connectivity index (χ2v) is 8.33. The van der Waals surface area contributed by atoms with Crippen LogP contribution in [-0.4, -0.2) is 22.0 Å². The summed E-state index contributed by atoms with van der Waals surface area (Å²) >= 11 is 7.05. The highest BCUT2D eigenvalue weighted by molar-refractivity contribution is 8.00. The van der Waals surface area contributed by atoms with Crippen molar-refractivity contribution in [3.63, 3.8) is 0 Å². The number of rotatable bonds is 4. The molecule has 0 radical (unpaired) electrons. The number of aromatic nitrogens is 1. The van der Waals surface area contributed by atoms with E-state index >= 15 is 0 Å². The summed E-state index contributed by atoms with van der Waals surface area (Å²) in [6, 6.07) is 20.9. The number of nitrogens with zero attached hydrogens (tertiary/aromatic N) is 4. The van der Waals surface area contributed by atoms with E-state index in [0.29, 0.717) is 32.6 Å². The van der Waals surface area contributed by atoms with E-state index in [9.17, 15) is 14.9 Å². The van der Waals surface area contributed by atoms with Gasteiger partial charge < -0.3 is 0 Å². The molecule has 0 N–H and O–H groups in total. The van der Waals surface area contributed by atoms with E-state index in [2.05, 4.69) is 11.1 Å². The van der Waals surface area contributed by atoms with E-state index in [1.807, 2.05) is 18.2 Å². The number of nitriles is 2. The molecule has 1 saturated heterocycles. The zero-order chi connectivity index (χ0) is 22.0. The van der Waals surface area contributed by atoms with Gasteiger partial charge in [-0.15, -0.1) is 0 Å². The summed E-state index contributed by atoms with van der Waals surface area (Å²) in [4.78, 5) is 31.2. The van der Waals surface area contributed by atoms with Crippen molar-refractivity contribution in [2.45, 2.75) is 16.7 Å². The van der Waals surface area contributed by atoms with Crippen LogP contribution in [0.15, 0.2) is 65.7 Å². The van der Waals surface area contributed by atoms with Crippen LogP contribution >= 0.6 is 23.4 Å². The zero-order valence-corrected chi connectivity index (χ0v) is 17.5. The number of hydrogen-bond donors (Lipinski definition) is 0. The van der Waals surface area contributed by atoms with Gasteiger partial charge in [-0.05, 0) is 48.5 Å². The zero-order valence-electron chi connectivity index (χ0n) is 15.9. The van der Waals surface area contributed by atoms with Crippen LogP contribution < -0.4 is 4.90 Å². The topological polar surface area (TPSA) is 97.8 Å². The van der Waals surface area contributed by atoms with Gasteiger partial charge in [0.15, 0.2) is 0 Å². The number of anilines is 1. The lowest BCUT2D eigenvalue weighted by Gasteiger charge is -2.15. The molecule has 31 heavy (non-hydrogen) atoms. The van der Waals surface area contributed by atoms with Crippen molar-refractivity contribution >= 4 is 40.9 Å². The van der Waals surface area contributed by atoms with Gasteiger partial charge in [0.2, 0.25) is 11.8 Å². The molecule has 1 fully saturated rings. The molecule has 2 heterocycles. The van der Waals surface area contributed by atoms with Crippen LogP contribution in [0.5, 0.6) is 0 Å². The minimum absolute atomic E-state index is 0.00121. The van der Waals surface area contributed by atoms with E-state index < -0.39 is 5.25 Å². The number of amides is 2. The Balaban J connectivity index is 1.61. The van der Waals surface area contributed by atoms with Gasteiger partial charge in [-0.2, -0.15) is 10.5 Å². The average molecular weight is 445 g/mol. The second kappa shape index (κ2) is 8.61. The van der Waals surface area contributed by atoms with Crippen LogP contribution in [0.2, 0.25) is 5.02 Å². The third-order valence-electron chi connectivity index (χ3n) is 4.73. The third-order valence-corrected chi connectivity index (χ3v) is 6.17. The maximum absolute atomic E-state index is 13.0. The second-order valence-electron chi connectivity index (χ2n) is 6.70. The van der Waals surface area contributed by atoms with Crippen molar-refractivity contribution in [3.8, 4) is 23.4 Å². The molecule has 6 nitrogen and oxygen atoms in total. The molecular formula is C23H13ClN4O2S. The van der Waals surface area contributed by atoms with Gasteiger partial charge in [0.05, 0.1) is 33.8 Å². The smallest absolute Gasteiger partial charge is 0.247 e. The normalized spacial score (nSPS) is 15.6. The Bertz CT molecular complexity index is 1260. The Labute approximate surface area is 187 Å². The first-order valence-electron chi connectivity index (χ1n) is 9.21. The molecule has 1 unspecified atom stereocenters. The Morgan fingerprint density at radius 1 is 0.968 bits per heavy atom. The fourth-order valence-corrected chi connectivity index (χ4v) is 4.40. The first kappa shape index (κ1) is 20.6. The Morgan fingerprint density at radius 2 is 1.68 bits per heavy atom. The van der Waals surface area contributed by atoms with Crippen LogP contribution in [0.3, 0.4) is 0 Å². The fourth-order valence-electron chi connectivity index (χ4n) is 3.18. The number of imide groups is 1. The molecule has 0 saturated carbocycles. The summed E-state index contributed by atoms with van der Waals surface area (Å²) in [6.45, 7) is 0. The van der Waals surface area contributed by atoms with Crippen molar-refractivity contribution < 1.29 is 9.59 Å². The van der Waals surface area contributed by atoms with E-state index in [-0.39, 0.29) is 18.2 Å². The highest BCUT2D eigenvalue weighted by Crippen LogP contribution is 2.35. The molecule has 4 rings (SSSR count). The van der Waals surface area contributed by atoms with Crippen molar-refractivity contribution in [2.75, 3.05) is 4.90 Å². The van der Waals surface area contributed by atoms with Gasteiger partial charge in [-0.25, -0.2) is 9.88 Å². The molecule has 8 heteroatoms. The van der Waals surface area contributed by atoms with E-state index in [4.69, 9.17) is 16.9 Å². The molecule has 150 valence electrons. The molecule has 0 bridgehead atoms. The van der Waals surface area contributed by atoms with Gasteiger partial charge in [0.25, 0.3) is 0 Å². The first-order valence-corrected chi connectivity index (χ1v) is 10.5. The number of benzene rings is 2. The van der Waals surface area contributed by atoms with Gasteiger partial charge in [0, 0.05) is 17.0 Å². The van der Waals surface area contributed by atoms with Gasteiger partial charge in [0.1, 0.15) is 11.1 Å². The number of carbonyl (C=O) groups excluding carboxylic acids is 2. The van der Waals surface area contributed by atoms with E-state index in [1.165, 1.54) is 0 Å². The summed E-state index contributed by atoms with van der Waals surface area (Å²) in [7, 11) is 0. The number of thioether (sulfide) groups is 1. The summed E-state index contributed by atoms with van der Waals surface area (Å²) in [5, 5.41) is 18.7. The van der Waals surface area contributed by atoms with Crippen molar-refractivity contribution in [2.24, 2.45) is 0 Å². The van der Waals surface area contributed by atoms with Gasteiger partial charge in [-0.1, -0.05) is 35.5 Å². The molecule has 2 aromatic carbocycles. The largest absolute Gasteiger partial charge is 0.274 e. The highest BCUT2D eigenvalue weighted by atomic mass is 35.5. The standard InChI is InChI=1S/C23H13ClN4O2S/c24-17-6-3-15(4-7-17)19-10-5-16(13-26)22(27-19)31-20-11-21(29)28(23(20)30)18-8-1-14(12-25)2-9-18/h1-10,20H,11H2. The summed E-state index contributed by atoms with van der Waals surface area (Å²) in [5.41, 5.74) is 2.65. The van der Waals surface area contributed by atoms with Crippen LogP contribution in [0.1, 0.15) is 17.5 Å². The molecular weight excluding hydrogens is 432 g/mol. The Hall–Kier alpha value is -3.65. The molecule has 1 atom stereocenters. The summed E-state index contributed by atoms with van der Waals surface area (Å²) in [5.74, 6) is -0.707. The lowest BCUT2D eigenvalue weighted by atomic mass is 10.1. The molecule has 0 aliphatic carbocycles. The number of halogens is 1. The average Bonchev–Trinajstić information content (AvgIpc) is 3.07. The monoisotopic (exact) mass is 444 g/mol. The van der Waals surface area contributed by atoms with Crippen LogP contribution in [0, 0.1) is 22.7 Å². The molecule has 3 aromatic rings. The van der Waals surface area contributed by atoms with Gasteiger partial charge >= 0.3 is 0 Å². The summed E-state index contributed by atoms with van der Waals surface area (Å²) < 4.78 is 0. The van der Waals surface area contributed by atoms with Crippen LogP contribution in [0.25, 0.3) is 11.3 Å². The molecule has 1 aliphatic rings. The van der Waals surface area contributed by atoms with Crippen molar-refractivity contribution in [3.05, 3.63) is 76.8 Å². The fraction of sp³-hybridized carbons (Fsp3) is 0.0870. The molecule has 2 amide bonds. The minimum Gasteiger partial charge on any atom is -0.274 e. The predicted molar refractivity (Wildman–Crippen MR) is 117 cm³/mol. The van der Waals surface area contributed by atoms with Gasteiger partial charge in [-0.3, -0.25) is 9.59 Å². The SMILES string of the molecule is N#Cc1ccc(N2C(=O)CC(Sc3nc(-c4ccc(Cl)cc4)ccc3C#N)C2=O)cc1. The third kappa shape index (κ3) is 4.15. The Morgan fingerprint density at radius 3 is 2.32 bits per heavy atom. The quantitative estimate of drug-likeness (QED) is 0.546. The van der Waals surface area contributed by atoms with Crippen molar-refractivity contribution in [1.29, 1.82) is 10.5 Å². The maximum Gasteiger partial charge on any atom is 0.247 e. The lowest BCUT2D eigenvalue weighted by Crippen LogP contribution is -2.31. The number of hydrogen-bond acceptors (Lipinski definition) is 6. The Kier molecular flexibility index (Phi) is 5.73. The molecule has 1 aliphatic heterocycles. The maximum atomic E-state index is 13.0. The minimum atomic E-state index is -0.691. The summed E-state index contributed by atoms with van der Waals surface area (Å²) in [6.07, 6.45) is 0.00121. The van der Waals surface area contributed by atoms with Crippen molar-refractivity contribution in [1.82, 2.24) is 4.98 Å². The first-order chi connectivity index (χ1) is 15.0. The van der Waals surface area contributed by atoms with E-state index in [1.54, 1.807) is 48.5 Å². The predicted octanol–water partition coefficient (Wildman–Crippen LogP) is 4.57. The highest BCUT2D eigenvalue weighted by Gasteiger charge is 2.40. The lowest BCUT2D eigenvalue weighted by molar-refractivity contribution is -0.121. The van der Waals surface area contributed by atoms with Crippen LogP contribution in [-0.2, 0) is 9.59 Å². The number of pyridine rings is 1. The van der Waals surface area contributed by atoms with Crippen LogP contribution in [0.4, 0.5) is 5.69 Å². The number of carbonyl (C=O) groups is 2. The molecule has 1 aromatic heterocycles.